The van der Waals surface area contributed by atoms with E-state index in [9.17, 15) is 28.8 Å². The van der Waals surface area contributed by atoms with Gasteiger partial charge in [-0.3, -0.25) is 14.4 Å². The molecule has 8 unspecified atom stereocenters. The zero-order valence-corrected chi connectivity index (χ0v) is 46.5. The number of cyclic esters (lactones) is 2. The summed E-state index contributed by atoms with van der Waals surface area (Å²) in [6.45, 7) is 1.64. The number of nitrogens with one attached hydrogen (secondary N) is 2. The molecule has 442 valence electrons. The van der Waals surface area contributed by atoms with E-state index in [0.29, 0.717) is 11.5 Å². The number of esters is 4. The molecule has 8 atom stereocenters. The molecule has 0 spiro atoms. The number of benzene rings is 2. The van der Waals surface area contributed by atoms with Gasteiger partial charge < -0.3 is 76.9 Å². The van der Waals surface area contributed by atoms with E-state index < -0.39 is 105 Å². The van der Waals surface area contributed by atoms with Crippen molar-refractivity contribution in [1.82, 2.24) is 15.6 Å². The van der Waals surface area contributed by atoms with Crippen molar-refractivity contribution in [3.8, 4) is 34.5 Å². The molecule has 2 aliphatic heterocycles. The first-order valence-electron chi connectivity index (χ1n) is 27.4. The second-order valence-electron chi connectivity index (χ2n) is 19.9. The highest BCUT2D eigenvalue weighted by Crippen LogP contribution is 2.33. The number of rotatable bonds is 22. The van der Waals surface area contributed by atoms with Crippen LogP contribution in [-0.2, 0) is 63.6 Å². The summed E-state index contributed by atoms with van der Waals surface area (Å²) < 4.78 is 84.1. The lowest BCUT2D eigenvalue weighted by Crippen LogP contribution is -2.52. The van der Waals surface area contributed by atoms with Gasteiger partial charge in [0.2, 0.25) is 25.9 Å². The largest absolute Gasteiger partial charge is 0.493 e. The average molecular weight is 1140 g/mol. The molecule has 2 saturated carbocycles. The number of nitrogens with zero attached hydrogens (tertiary/aromatic N) is 2. The van der Waals surface area contributed by atoms with Crippen molar-refractivity contribution < 1.29 is 99.7 Å². The Labute approximate surface area is 474 Å². The summed E-state index contributed by atoms with van der Waals surface area (Å²) in [7, 11) is 2.62. The number of pyridine rings is 2. The van der Waals surface area contributed by atoms with Crippen molar-refractivity contribution >= 4 is 35.7 Å². The number of carbonyl (C=O) groups is 6. The SMILES string of the molecule is COc1ccnc(C(=O)NC2COCC(Oc3ccccc3)C(OC3CCCC3)C(C)OC2=O)c1OCOC(=O)C[n+]1ccc(OC)c(OCOC(C)=O)c1C(=O)NC1COCC(OC2CCCC2)C(Oc2ccccc2)C(C)OC1=O. The molecule has 2 N–H and O–H groups in total. The summed E-state index contributed by atoms with van der Waals surface area (Å²) in [5, 5.41) is 5.29. The zero-order valence-electron chi connectivity index (χ0n) is 46.5. The van der Waals surface area contributed by atoms with E-state index in [4.69, 9.17) is 66.3 Å². The van der Waals surface area contributed by atoms with Gasteiger partial charge in [0.05, 0.1) is 52.9 Å². The van der Waals surface area contributed by atoms with E-state index in [2.05, 4.69) is 15.6 Å². The number of hydrogen-bond donors (Lipinski definition) is 2. The maximum absolute atomic E-state index is 14.6. The summed E-state index contributed by atoms with van der Waals surface area (Å²) in [5.41, 5.74) is -0.719. The highest BCUT2D eigenvalue weighted by molar-refractivity contribution is 5.98. The maximum atomic E-state index is 14.6. The Morgan fingerprint density at radius 2 is 1.16 bits per heavy atom. The summed E-state index contributed by atoms with van der Waals surface area (Å²) in [6.07, 6.45) is 5.41. The molecular weight excluding hydrogens is 1070 g/mol. The molecule has 4 fully saturated rings. The van der Waals surface area contributed by atoms with Crippen molar-refractivity contribution in [2.75, 3.05) is 54.2 Å². The molecule has 24 nitrogen and oxygen atoms in total. The number of para-hydroxylation sites is 2. The van der Waals surface area contributed by atoms with Crippen LogP contribution in [0.4, 0.5) is 0 Å². The Hall–Kier alpha value is -7.80. The minimum absolute atomic E-state index is 0.00685. The van der Waals surface area contributed by atoms with Crippen LogP contribution < -0.4 is 43.6 Å². The van der Waals surface area contributed by atoms with Gasteiger partial charge in [-0.25, -0.2) is 19.4 Å². The fourth-order valence-corrected chi connectivity index (χ4v) is 9.91. The van der Waals surface area contributed by atoms with Crippen LogP contribution >= 0.6 is 0 Å². The molecular formula is C58H71N4O20+. The third kappa shape index (κ3) is 16.4. The van der Waals surface area contributed by atoms with Gasteiger partial charge in [0.1, 0.15) is 35.9 Å². The van der Waals surface area contributed by atoms with Crippen LogP contribution in [0.5, 0.6) is 34.5 Å². The van der Waals surface area contributed by atoms with Gasteiger partial charge in [0, 0.05) is 25.3 Å². The molecule has 2 aromatic carbocycles. The predicted octanol–water partition coefficient (Wildman–Crippen LogP) is 4.54. The van der Waals surface area contributed by atoms with E-state index in [1.165, 1.54) is 38.7 Å². The fourth-order valence-electron chi connectivity index (χ4n) is 9.91. The summed E-state index contributed by atoms with van der Waals surface area (Å²) >= 11 is 0. The molecule has 4 aromatic rings. The first-order valence-corrected chi connectivity index (χ1v) is 27.4. The van der Waals surface area contributed by atoms with Crippen molar-refractivity contribution in [3.63, 3.8) is 0 Å². The van der Waals surface area contributed by atoms with Crippen LogP contribution in [0.2, 0.25) is 0 Å². The normalized spacial score (nSPS) is 23.6. The lowest BCUT2D eigenvalue weighted by atomic mass is 10.1. The van der Waals surface area contributed by atoms with Gasteiger partial charge in [-0.15, -0.1) is 0 Å². The van der Waals surface area contributed by atoms with Crippen LogP contribution in [0.25, 0.3) is 0 Å². The van der Waals surface area contributed by atoms with Gasteiger partial charge in [0.25, 0.3) is 5.91 Å². The number of ether oxygens (including phenoxy) is 14. The molecule has 4 heterocycles. The zero-order chi connectivity index (χ0) is 58.0. The average Bonchev–Trinajstić information content (AvgIpc) is 4.31. The first kappa shape index (κ1) is 60.3. The third-order valence-corrected chi connectivity index (χ3v) is 14.0. The van der Waals surface area contributed by atoms with Crippen molar-refractivity contribution in [2.45, 2.75) is 140 Å². The van der Waals surface area contributed by atoms with Gasteiger partial charge in [0.15, 0.2) is 53.4 Å². The Morgan fingerprint density at radius 1 is 0.622 bits per heavy atom. The second-order valence-corrected chi connectivity index (χ2v) is 19.9. The van der Waals surface area contributed by atoms with Gasteiger partial charge in [-0.05, 0) is 63.8 Å². The van der Waals surface area contributed by atoms with Crippen LogP contribution in [0.1, 0.15) is 93.1 Å². The third-order valence-electron chi connectivity index (χ3n) is 14.0. The molecule has 2 aliphatic carbocycles. The van der Waals surface area contributed by atoms with Crippen LogP contribution in [-0.4, -0.2) is 156 Å². The molecule has 2 saturated heterocycles. The fraction of sp³-hybridized carbons (Fsp3) is 0.517. The highest BCUT2D eigenvalue weighted by Gasteiger charge is 2.42. The lowest BCUT2D eigenvalue weighted by Gasteiger charge is -2.33. The van der Waals surface area contributed by atoms with Crippen LogP contribution in [0.3, 0.4) is 0 Å². The number of amides is 2. The number of hydrogen-bond acceptors (Lipinski definition) is 21. The van der Waals surface area contributed by atoms with Gasteiger partial charge in [-0.2, -0.15) is 4.57 Å². The quantitative estimate of drug-likeness (QED) is 0.0473. The lowest BCUT2D eigenvalue weighted by molar-refractivity contribution is -0.688. The summed E-state index contributed by atoms with van der Waals surface area (Å²) in [5.74, 6) is -4.63. The summed E-state index contributed by atoms with van der Waals surface area (Å²) in [4.78, 5) is 86.3. The van der Waals surface area contributed by atoms with Crippen LogP contribution in [0.15, 0.2) is 85.2 Å². The Balaban J connectivity index is 0.954. The van der Waals surface area contributed by atoms with E-state index in [1.54, 1.807) is 38.1 Å². The standard InChI is InChI=1S/C58H70N4O20/c1-35-52(82-41-22-14-15-23-41)46(79-38-16-8-6-9-17-38)31-71-29-42(57(67)77-35)60-55(65)49-53(44(69-4)24-26-59-49)75-34-74-48(64)28-62-27-25-45(70-5)54(76-33-73-37(3)63)50(62)56(66)61-43-30-72-32-47(80-39-20-12-13-21-39)51(36(2)78-58(43)68)81-40-18-10-7-11-19-40/h6-11,16-19,24-27,35-36,39,41-43,46-47,51-52H,12-15,20-23,28-34H2,1-5H3,(H-,60,61,65,66)/p+1. The van der Waals surface area contributed by atoms with Crippen molar-refractivity contribution in [2.24, 2.45) is 0 Å². The smallest absolute Gasteiger partial charge is 0.375 e. The minimum atomic E-state index is -1.42. The Bertz CT molecular complexity index is 2780. The molecule has 2 amide bonds. The van der Waals surface area contributed by atoms with Crippen LogP contribution in [0, 0.1) is 0 Å². The van der Waals surface area contributed by atoms with Crippen molar-refractivity contribution in [1.29, 1.82) is 0 Å². The second kappa shape index (κ2) is 29.8. The monoisotopic (exact) mass is 1140 g/mol. The maximum Gasteiger partial charge on any atom is 0.375 e. The molecule has 0 bridgehead atoms. The van der Waals surface area contributed by atoms with E-state index >= 15 is 0 Å². The summed E-state index contributed by atoms with van der Waals surface area (Å²) in [6, 6.07) is 18.2. The molecule has 0 radical (unpaired) electrons. The topological polar surface area (TPSA) is 272 Å². The minimum Gasteiger partial charge on any atom is -0.493 e. The number of carbonyl (C=O) groups excluding carboxylic acids is 6. The van der Waals surface area contributed by atoms with Gasteiger partial charge >= 0.3 is 35.5 Å². The highest BCUT2D eigenvalue weighted by atomic mass is 16.7. The predicted molar refractivity (Wildman–Crippen MR) is 284 cm³/mol. The first-order chi connectivity index (χ1) is 39.8. The van der Waals surface area contributed by atoms with Gasteiger partial charge in [-0.1, -0.05) is 62.1 Å². The molecule has 82 heavy (non-hydrogen) atoms. The molecule has 2 aromatic heterocycles. The Morgan fingerprint density at radius 3 is 1.77 bits per heavy atom. The van der Waals surface area contributed by atoms with E-state index in [1.807, 2.05) is 36.4 Å². The Kier molecular flexibility index (Phi) is 21.9. The molecule has 4 aliphatic rings. The van der Waals surface area contributed by atoms with E-state index in [0.717, 1.165) is 62.9 Å². The molecule has 24 heteroatoms. The number of aromatic nitrogens is 2. The van der Waals surface area contributed by atoms with E-state index in [-0.39, 0.29) is 73.0 Å². The number of methoxy groups -OCH3 is 2. The van der Waals surface area contributed by atoms with Crippen molar-refractivity contribution in [3.05, 3.63) is 96.6 Å². The molecule has 8 rings (SSSR count).